The van der Waals surface area contributed by atoms with E-state index in [-0.39, 0.29) is 6.42 Å². The van der Waals surface area contributed by atoms with Gasteiger partial charge in [-0.05, 0) is 5.56 Å². The molecule has 1 aliphatic rings. The van der Waals surface area contributed by atoms with E-state index in [4.69, 9.17) is 14.6 Å². The van der Waals surface area contributed by atoms with E-state index in [0.29, 0.717) is 13.2 Å². The predicted octanol–water partition coefficient (Wildman–Crippen LogP) is 0.671. The first-order chi connectivity index (χ1) is 7.75. The molecule has 0 radical (unpaired) electrons. The highest BCUT2D eigenvalue weighted by atomic mass is 16.6. The fourth-order valence-electron chi connectivity index (χ4n) is 1.72. The van der Waals surface area contributed by atoms with Gasteiger partial charge in [-0.1, -0.05) is 30.3 Å². The van der Waals surface area contributed by atoms with E-state index >= 15 is 0 Å². The lowest BCUT2D eigenvalue weighted by molar-refractivity contribution is -0.117. The van der Waals surface area contributed by atoms with Crippen LogP contribution in [0.4, 0.5) is 0 Å². The zero-order valence-corrected chi connectivity index (χ0v) is 8.95. The molecule has 4 heteroatoms. The average Bonchev–Trinajstić information content (AvgIpc) is 2.59. The van der Waals surface area contributed by atoms with Crippen molar-refractivity contribution < 1.29 is 19.7 Å². The molecule has 16 heavy (non-hydrogen) atoms. The van der Waals surface area contributed by atoms with Crippen molar-refractivity contribution in [1.82, 2.24) is 0 Å². The normalized spacial score (nSPS) is 29.5. The van der Waals surface area contributed by atoms with Gasteiger partial charge >= 0.3 is 0 Å². The third kappa shape index (κ3) is 3.02. The lowest BCUT2D eigenvalue weighted by Crippen LogP contribution is -2.26. The molecule has 0 aromatic heterocycles. The van der Waals surface area contributed by atoms with Crippen molar-refractivity contribution in [2.75, 3.05) is 6.61 Å². The number of hydrogen-bond donors (Lipinski definition) is 2. The summed E-state index contributed by atoms with van der Waals surface area (Å²) in [6.45, 7) is 0.788. The van der Waals surface area contributed by atoms with Crippen LogP contribution in [-0.2, 0) is 16.1 Å². The zero-order chi connectivity index (χ0) is 11.4. The maximum absolute atomic E-state index is 9.49. The van der Waals surface area contributed by atoms with Crippen molar-refractivity contribution in [3.8, 4) is 0 Å². The molecular formula is C12H16O4. The first-order valence-corrected chi connectivity index (χ1v) is 5.39. The smallest absolute Gasteiger partial charge is 0.157 e. The van der Waals surface area contributed by atoms with E-state index in [1.54, 1.807) is 0 Å². The number of ether oxygens (including phenoxy) is 2. The fraction of sp³-hybridized carbons (Fsp3) is 0.500. The number of aliphatic hydroxyl groups excluding tert-OH is 2. The van der Waals surface area contributed by atoms with Crippen LogP contribution >= 0.6 is 0 Å². The Kier molecular flexibility index (Phi) is 3.90. The minimum absolute atomic E-state index is 0.263. The molecule has 0 aliphatic carbocycles. The summed E-state index contributed by atoms with van der Waals surface area (Å²) in [6.07, 6.45) is -1.65. The molecule has 0 spiro atoms. The van der Waals surface area contributed by atoms with Gasteiger partial charge in [-0.15, -0.1) is 0 Å². The molecule has 0 bridgehead atoms. The van der Waals surface area contributed by atoms with Gasteiger partial charge in [0.15, 0.2) is 6.29 Å². The largest absolute Gasteiger partial charge is 0.390 e. The van der Waals surface area contributed by atoms with Gasteiger partial charge in [0.25, 0.3) is 0 Å². The Balaban J connectivity index is 1.72. The Labute approximate surface area is 94.4 Å². The minimum Gasteiger partial charge on any atom is -0.390 e. The van der Waals surface area contributed by atoms with Gasteiger partial charge in [0, 0.05) is 6.42 Å². The molecule has 2 N–H and O–H groups in total. The van der Waals surface area contributed by atoms with Crippen LogP contribution in [0.5, 0.6) is 0 Å². The Morgan fingerprint density at radius 2 is 2.00 bits per heavy atom. The van der Waals surface area contributed by atoms with Crippen molar-refractivity contribution in [3.63, 3.8) is 0 Å². The second-order valence-corrected chi connectivity index (χ2v) is 3.93. The summed E-state index contributed by atoms with van der Waals surface area (Å²) in [5, 5.41) is 18.6. The molecule has 2 rings (SSSR count). The predicted molar refractivity (Wildman–Crippen MR) is 57.6 cm³/mol. The van der Waals surface area contributed by atoms with Crippen LogP contribution in [0.15, 0.2) is 30.3 Å². The monoisotopic (exact) mass is 224 g/mol. The summed E-state index contributed by atoms with van der Waals surface area (Å²) in [7, 11) is 0. The molecule has 0 amide bonds. The number of hydrogen-bond acceptors (Lipinski definition) is 4. The maximum Gasteiger partial charge on any atom is 0.157 e. The Bertz CT molecular complexity index is 314. The van der Waals surface area contributed by atoms with E-state index in [1.165, 1.54) is 0 Å². The third-order valence-corrected chi connectivity index (χ3v) is 2.60. The van der Waals surface area contributed by atoms with Crippen LogP contribution in [0.25, 0.3) is 0 Å². The number of benzene rings is 1. The second-order valence-electron chi connectivity index (χ2n) is 3.93. The number of aliphatic hydroxyl groups is 2. The topological polar surface area (TPSA) is 58.9 Å². The summed E-state index contributed by atoms with van der Waals surface area (Å²) in [5.74, 6) is 0. The van der Waals surface area contributed by atoms with E-state index in [1.807, 2.05) is 30.3 Å². The zero-order valence-electron chi connectivity index (χ0n) is 8.95. The highest BCUT2D eigenvalue weighted by Gasteiger charge is 2.32. The fourth-order valence-corrected chi connectivity index (χ4v) is 1.72. The standard InChI is InChI=1S/C12H16O4/c13-10-6-12(14)16-11(10)8-15-7-9-4-2-1-3-5-9/h1-5,10-14H,6-8H2/t10-,11+,12+/m0/s1. The van der Waals surface area contributed by atoms with Gasteiger partial charge in [-0.25, -0.2) is 0 Å². The summed E-state index contributed by atoms with van der Waals surface area (Å²) in [5.41, 5.74) is 1.08. The Morgan fingerprint density at radius 1 is 1.25 bits per heavy atom. The molecule has 1 aromatic rings. The highest BCUT2D eigenvalue weighted by molar-refractivity contribution is 5.13. The highest BCUT2D eigenvalue weighted by Crippen LogP contribution is 2.19. The SMILES string of the molecule is O[C@H]1C[C@H](O)[C@@H](COCc2ccccc2)O1. The molecular weight excluding hydrogens is 208 g/mol. The quantitative estimate of drug-likeness (QED) is 0.789. The van der Waals surface area contributed by atoms with Crippen LogP contribution < -0.4 is 0 Å². The van der Waals surface area contributed by atoms with Gasteiger partial charge in [-0.2, -0.15) is 0 Å². The average molecular weight is 224 g/mol. The summed E-state index contributed by atoms with van der Waals surface area (Å²) in [6, 6.07) is 9.79. The minimum atomic E-state index is -0.861. The van der Waals surface area contributed by atoms with Crippen LogP contribution in [0, 0.1) is 0 Å². The van der Waals surface area contributed by atoms with Gasteiger partial charge < -0.3 is 19.7 Å². The van der Waals surface area contributed by atoms with Crippen LogP contribution in [0.2, 0.25) is 0 Å². The Hall–Kier alpha value is -0.940. The van der Waals surface area contributed by atoms with Crippen molar-refractivity contribution in [1.29, 1.82) is 0 Å². The molecule has 1 aliphatic heterocycles. The second kappa shape index (κ2) is 5.41. The molecule has 4 nitrogen and oxygen atoms in total. The summed E-state index contributed by atoms with van der Waals surface area (Å²) in [4.78, 5) is 0. The van der Waals surface area contributed by atoms with Gasteiger partial charge in [-0.3, -0.25) is 0 Å². The van der Waals surface area contributed by atoms with Gasteiger partial charge in [0.2, 0.25) is 0 Å². The molecule has 88 valence electrons. The van der Waals surface area contributed by atoms with E-state index in [2.05, 4.69) is 0 Å². The molecule has 1 fully saturated rings. The molecule has 1 aromatic carbocycles. The van der Waals surface area contributed by atoms with Crippen molar-refractivity contribution in [3.05, 3.63) is 35.9 Å². The van der Waals surface area contributed by atoms with E-state index in [0.717, 1.165) is 5.56 Å². The van der Waals surface area contributed by atoms with Crippen molar-refractivity contribution >= 4 is 0 Å². The van der Waals surface area contributed by atoms with Crippen LogP contribution in [0.1, 0.15) is 12.0 Å². The molecule has 1 heterocycles. The first-order valence-electron chi connectivity index (χ1n) is 5.39. The molecule has 0 unspecified atom stereocenters. The first kappa shape index (κ1) is 11.5. The maximum atomic E-state index is 9.49. The molecule has 1 saturated heterocycles. The van der Waals surface area contributed by atoms with Crippen molar-refractivity contribution in [2.24, 2.45) is 0 Å². The molecule has 0 saturated carbocycles. The van der Waals surface area contributed by atoms with Crippen LogP contribution in [0.3, 0.4) is 0 Å². The van der Waals surface area contributed by atoms with Crippen molar-refractivity contribution in [2.45, 2.75) is 31.5 Å². The van der Waals surface area contributed by atoms with Crippen LogP contribution in [-0.4, -0.2) is 35.3 Å². The lowest BCUT2D eigenvalue weighted by Gasteiger charge is -2.13. The molecule has 3 atom stereocenters. The van der Waals surface area contributed by atoms with E-state index in [9.17, 15) is 5.11 Å². The van der Waals surface area contributed by atoms with E-state index < -0.39 is 18.5 Å². The number of rotatable bonds is 4. The summed E-state index contributed by atoms with van der Waals surface area (Å²) >= 11 is 0. The lowest BCUT2D eigenvalue weighted by atomic mass is 10.2. The van der Waals surface area contributed by atoms with Gasteiger partial charge in [0.05, 0.1) is 19.3 Å². The third-order valence-electron chi connectivity index (χ3n) is 2.60. The Morgan fingerprint density at radius 3 is 2.62 bits per heavy atom. The van der Waals surface area contributed by atoms with Gasteiger partial charge in [0.1, 0.15) is 6.10 Å². The summed E-state index contributed by atoms with van der Waals surface area (Å²) < 4.78 is 10.5.